The molecule has 29 heavy (non-hydrogen) atoms. The number of carbonyl (C=O) groups is 2. The van der Waals surface area contributed by atoms with Gasteiger partial charge in [-0.15, -0.1) is 11.3 Å². The molecule has 7 heteroatoms. The summed E-state index contributed by atoms with van der Waals surface area (Å²) in [6.45, 7) is 6.51. The SMILES string of the molecule is Cc1cccc(N2CCN(C(=O)C3CCCN(C(=O)Nc4cccs4)C3)CC2)c1. The molecular formula is C22H28N4O2S. The van der Waals surface area contributed by atoms with Crippen molar-refractivity contribution >= 4 is 34.0 Å². The third kappa shape index (κ3) is 4.72. The first-order valence-corrected chi connectivity index (χ1v) is 11.2. The second-order valence-corrected chi connectivity index (χ2v) is 8.79. The van der Waals surface area contributed by atoms with E-state index in [-0.39, 0.29) is 17.9 Å². The van der Waals surface area contributed by atoms with E-state index in [9.17, 15) is 9.59 Å². The zero-order valence-electron chi connectivity index (χ0n) is 16.8. The van der Waals surface area contributed by atoms with Crippen LogP contribution in [0.4, 0.5) is 15.5 Å². The van der Waals surface area contributed by atoms with E-state index in [0.29, 0.717) is 13.1 Å². The topological polar surface area (TPSA) is 55.9 Å². The molecule has 0 saturated carbocycles. The quantitative estimate of drug-likeness (QED) is 0.837. The summed E-state index contributed by atoms with van der Waals surface area (Å²) >= 11 is 1.51. The van der Waals surface area contributed by atoms with Gasteiger partial charge < -0.3 is 14.7 Å². The lowest BCUT2D eigenvalue weighted by Crippen LogP contribution is -2.53. The summed E-state index contributed by atoms with van der Waals surface area (Å²) < 4.78 is 0. The molecule has 0 aliphatic carbocycles. The molecule has 0 spiro atoms. The van der Waals surface area contributed by atoms with Gasteiger partial charge in [0.2, 0.25) is 5.91 Å². The van der Waals surface area contributed by atoms with E-state index in [1.54, 1.807) is 4.90 Å². The molecule has 2 aliphatic heterocycles. The number of hydrogen-bond donors (Lipinski definition) is 1. The van der Waals surface area contributed by atoms with Crippen molar-refractivity contribution in [2.24, 2.45) is 5.92 Å². The number of hydrogen-bond acceptors (Lipinski definition) is 4. The molecule has 0 bridgehead atoms. The molecule has 1 N–H and O–H groups in total. The number of thiophene rings is 1. The molecule has 2 saturated heterocycles. The van der Waals surface area contributed by atoms with Crippen molar-refractivity contribution in [1.82, 2.24) is 9.80 Å². The highest BCUT2D eigenvalue weighted by atomic mass is 32.1. The Morgan fingerprint density at radius 2 is 1.86 bits per heavy atom. The molecule has 2 aromatic rings. The van der Waals surface area contributed by atoms with E-state index in [0.717, 1.165) is 44.0 Å². The maximum atomic E-state index is 13.1. The van der Waals surface area contributed by atoms with Crippen molar-refractivity contribution in [2.45, 2.75) is 19.8 Å². The normalized spacial score (nSPS) is 19.9. The second kappa shape index (κ2) is 8.86. The van der Waals surface area contributed by atoms with E-state index in [4.69, 9.17) is 0 Å². The minimum Gasteiger partial charge on any atom is -0.368 e. The standard InChI is InChI=1S/C22H28N4O2S/c1-17-5-2-7-19(15-17)24-10-12-25(13-11-24)21(27)18-6-3-9-26(16-18)22(28)23-20-8-4-14-29-20/h2,4-5,7-8,14-15,18H,3,6,9-13,16H2,1H3,(H,23,28). The fraction of sp³-hybridized carbons (Fsp3) is 0.455. The summed E-state index contributed by atoms with van der Waals surface area (Å²) in [4.78, 5) is 31.7. The van der Waals surface area contributed by atoms with Crippen LogP contribution in [0.2, 0.25) is 0 Å². The van der Waals surface area contributed by atoms with Crippen molar-refractivity contribution in [1.29, 1.82) is 0 Å². The number of anilines is 2. The first kappa shape index (κ1) is 19.8. The Hall–Kier alpha value is -2.54. The van der Waals surface area contributed by atoms with E-state index < -0.39 is 0 Å². The number of benzene rings is 1. The Balaban J connectivity index is 1.31. The van der Waals surface area contributed by atoms with Gasteiger partial charge in [-0.2, -0.15) is 0 Å². The molecule has 1 unspecified atom stereocenters. The van der Waals surface area contributed by atoms with E-state index in [1.807, 2.05) is 22.4 Å². The summed E-state index contributed by atoms with van der Waals surface area (Å²) in [5.74, 6) is 0.103. The van der Waals surface area contributed by atoms with Crippen LogP contribution in [-0.2, 0) is 4.79 Å². The molecule has 4 rings (SSSR count). The number of carbonyl (C=O) groups excluding carboxylic acids is 2. The van der Waals surface area contributed by atoms with Crippen molar-refractivity contribution < 1.29 is 9.59 Å². The number of rotatable bonds is 3. The smallest absolute Gasteiger partial charge is 0.322 e. The molecule has 1 aromatic carbocycles. The van der Waals surface area contributed by atoms with Crippen LogP contribution in [0.25, 0.3) is 0 Å². The number of amides is 3. The molecule has 3 heterocycles. The van der Waals surface area contributed by atoms with Gasteiger partial charge in [0.05, 0.1) is 10.9 Å². The van der Waals surface area contributed by atoms with Crippen LogP contribution in [0.15, 0.2) is 41.8 Å². The zero-order valence-corrected chi connectivity index (χ0v) is 17.7. The van der Waals surface area contributed by atoms with Crippen LogP contribution in [0, 0.1) is 12.8 Å². The van der Waals surface area contributed by atoms with Gasteiger partial charge >= 0.3 is 6.03 Å². The maximum absolute atomic E-state index is 13.1. The number of aryl methyl sites for hydroxylation is 1. The highest BCUT2D eigenvalue weighted by Gasteiger charge is 2.32. The average molecular weight is 413 g/mol. The summed E-state index contributed by atoms with van der Waals surface area (Å²) in [5.41, 5.74) is 2.48. The minimum atomic E-state index is -0.103. The minimum absolute atomic E-state index is 0.0941. The van der Waals surface area contributed by atoms with Crippen LogP contribution in [-0.4, -0.2) is 61.0 Å². The van der Waals surface area contributed by atoms with Crippen LogP contribution < -0.4 is 10.2 Å². The summed E-state index contributed by atoms with van der Waals surface area (Å²) in [6.07, 6.45) is 1.73. The Bertz CT molecular complexity index is 846. The van der Waals surface area contributed by atoms with Crippen LogP contribution in [0.1, 0.15) is 18.4 Å². The third-order valence-electron chi connectivity index (χ3n) is 5.77. The first-order valence-electron chi connectivity index (χ1n) is 10.3. The van der Waals surface area contributed by atoms with E-state index in [2.05, 4.69) is 41.4 Å². The molecule has 2 fully saturated rings. The fourth-order valence-electron chi connectivity index (χ4n) is 4.17. The van der Waals surface area contributed by atoms with Crippen molar-refractivity contribution in [2.75, 3.05) is 49.5 Å². The molecule has 1 atom stereocenters. The van der Waals surface area contributed by atoms with Crippen molar-refractivity contribution in [3.63, 3.8) is 0 Å². The van der Waals surface area contributed by atoms with Crippen molar-refractivity contribution in [3.05, 3.63) is 47.3 Å². The van der Waals surface area contributed by atoms with Gasteiger partial charge in [-0.3, -0.25) is 10.1 Å². The largest absolute Gasteiger partial charge is 0.368 e. The number of likely N-dealkylation sites (tertiary alicyclic amines) is 1. The number of urea groups is 1. The summed E-state index contributed by atoms with van der Waals surface area (Å²) in [5, 5.41) is 5.72. The predicted octanol–water partition coefficient (Wildman–Crippen LogP) is 3.65. The highest BCUT2D eigenvalue weighted by molar-refractivity contribution is 7.14. The Labute approximate surface area is 176 Å². The monoisotopic (exact) mass is 412 g/mol. The van der Waals surface area contributed by atoms with E-state index >= 15 is 0 Å². The number of piperidine rings is 1. The Morgan fingerprint density at radius 3 is 2.59 bits per heavy atom. The highest BCUT2D eigenvalue weighted by Crippen LogP contribution is 2.23. The third-order valence-corrected chi connectivity index (χ3v) is 6.55. The summed E-state index contributed by atoms with van der Waals surface area (Å²) in [6, 6.07) is 12.2. The molecule has 1 aromatic heterocycles. The number of nitrogens with zero attached hydrogens (tertiary/aromatic N) is 3. The van der Waals surface area contributed by atoms with Gasteiger partial charge in [0, 0.05) is 45.0 Å². The molecule has 3 amide bonds. The summed E-state index contributed by atoms with van der Waals surface area (Å²) in [7, 11) is 0. The van der Waals surface area contributed by atoms with Gasteiger partial charge in [-0.1, -0.05) is 12.1 Å². The van der Waals surface area contributed by atoms with Gasteiger partial charge in [0.1, 0.15) is 0 Å². The van der Waals surface area contributed by atoms with Gasteiger partial charge in [-0.05, 0) is 55.0 Å². The number of piperazine rings is 1. The molecular weight excluding hydrogens is 384 g/mol. The molecule has 2 aliphatic rings. The van der Waals surface area contributed by atoms with Crippen LogP contribution in [0.3, 0.4) is 0 Å². The molecule has 6 nitrogen and oxygen atoms in total. The maximum Gasteiger partial charge on any atom is 0.322 e. The lowest BCUT2D eigenvalue weighted by molar-refractivity contribution is -0.137. The molecule has 154 valence electrons. The fourth-order valence-corrected chi connectivity index (χ4v) is 4.77. The first-order chi connectivity index (χ1) is 14.1. The number of nitrogens with one attached hydrogen (secondary N) is 1. The van der Waals surface area contributed by atoms with Gasteiger partial charge in [0.15, 0.2) is 0 Å². The lowest BCUT2D eigenvalue weighted by Gasteiger charge is -2.39. The second-order valence-electron chi connectivity index (χ2n) is 7.84. The Morgan fingerprint density at radius 1 is 1.03 bits per heavy atom. The van der Waals surface area contributed by atoms with E-state index in [1.165, 1.54) is 22.6 Å². The zero-order chi connectivity index (χ0) is 20.2. The van der Waals surface area contributed by atoms with Gasteiger partial charge in [0.25, 0.3) is 0 Å². The lowest BCUT2D eigenvalue weighted by atomic mass is 9.96. The van der Waals surface area contributed by atoms with Crippen molar-refractivity contribution in [3.8, 4) is 0 Å². The van der Waals surface area contributed by atoms with Crippen LogP contribution >= 0.6 is 11.3 Å². The average Bonchev–Trinajstić information content (AvgIpc) is 3.26. The predicted molar refractivity (Wildman–Crippen MR) is 118 cm³/mol. The van der Waals surface area contributed by atoms with Gasteiger partial charge in [-0.25, -0.2) is 4.79 Å². The molecule has 0 radical (unpaired) electrons. The van der Waals surface area contributed by atoms with Crippen LogP contribution in [0.5, 0.6) is 0 Å². The Kier molecular flexibility index (Phi) is 6.04.